The molecule has 9 nitrogen and oxygen atoms in total. The zero-order valence-electron chi connectivity index (χ0n) is 26.1. The van der Waals surface area contributed by atoms with Gasteiger partial charge in [-0.15, -0.1) is 0 Å². The number of rotatable bonds is 8. The number of likely N-dealkylation sites (tertiary alicyclic amines) is 1. The van der Waals surface area contributed by atoms with Gasteiger partial charge in [-0.25, -0.2) is 14.2 Å². The molecule has 3 aliphatic heterocycles. The molecular weight excluding hydrogens is 658 g/mol. The third-order valence-electron chi connectivity index (χ3n) is 9.42. The van der Waals surface area contributed by atoms with Crippen LogP contribution in [-0.4, -0.2) is 53.5 Å². The van der Waals surface area contributed by atoms with E-state index in [9.17, 15) is 14.4 Å². The Morgan fingerprint density at radius 3 is 2.54 bits per heavy atom. The zero-order chi connectivity index (χ0) is 33.7. The summed E-state index contributed by atoms with van der Waals surface area (Å²) in [6.45, 7) is 4.74. The van der Waals surface area contributed by atoms with Gasteiger partial charge in [0, 0.05) is 36.3 Å². The van der Waals surface area contributed by atoms with Crippen molar-refractivity contribution in [1.82, 2.24) is 9.88 Å². The minimum atomic E-state index is -1.55. The standard InChI is InChI=1S/C36H31Cl2FN4O5/c1-3-47-23-8-5-7-20(17-23)18-43-27-19-42(22-13-11-21(12-14-22)34(45)48-4-2)33(44)29(27)30(24-9-6-10-26(37)31(24)39)36(43)25-15-16-28(38)40-32(25)41-35(36)46/h5-17,27,29-30H,3-4,18-19H2,1-2H3,(H,40,41,46)/t27?,29-,30+,36?/m1/s1. The molecule has 4 heterocycles. The number of pyridine rings is 1. The van der Waals surface area contributed by atoms with Gasteiger partial charge in [0.1, 0.15) is 28.1 Å². The molecule has 1 spiro atoms. The van der Waals surface area contributed by atoms with Gasteiger partial charge in [0.15, 0.2) is 0 Å². The number of aromatic nitrogens is 1. The van der Waals surface area contributed by atoms with Gasteiger partial charge in [-0.3, -0.25) is 14.5 Å². The Kier molecular flexibility index (Phi) is 8.35. The molecule has 246 valence electrons. The summed E-state index contributed by atoms with van der Waals surface area (Å²) >= 11 is 12.6. The Morgan fingerprint density at radius 1 is 1.02 bits per heavy atom. The van der Waals surface area contributed by atoms with Crippen LogP contribution in [0.2, 0.25) is 10.2 Å². The largest absolute Gasteiger partial charge is 0.494 e. The van der Waals surface area contributed by atoms with E-state index in [0.717, 1.165) is 5.56 Å². The third kappa shape index (κ3) is 5.01. The number of amides is 2. The average Bonchev–Trinajstić information content (AvgIpc) is 3.66. The number of benzene rings is 3. The molecular formula is C36H31Cl2FN4O5. The summed E-state index contributed by atoms with van der Waals surface area (Å²) in [4.78, 5) is 49.6. The monoisotopic (exact) mass is 688 g/mol. The summed E-state index contributed by atoms with van der Waals surface area (Å²) in [5.74, 6) is -2.85. The van der Waals surface area contributed by atoms with Crippen LogP contribution in [-0.2, 0) is 26.4 Å². The number of hydrogen-bond donors (Lipinski definition) is 1. The molecule has 0 saturated carbocycles. The Labute approximate surface area is 286 Å². The summed E-state index contributed by atoms with van der Waals surface area (Å²) in [5, 5.41) is 2.96. The van der Waals surface area contributed by atoms with Gasteiger partial charge < -0.3 is 19.7 Å². The molecule has 7 rings (SSSR count). The molecule has 1 aromatic heterocycles. The van der Waals surface area contributed by atoms with Crippen LogP contribution in [0.3, 0.4) is 0 Å². The molecule has 2 unspecified atom stereocenters. The topological polar surface area (TPSA) is 101 Å². The van der Waals surface area contributed by atoms with Crippen LogP contribution < -0.4 is 15.0 Å². The number of fused-ring (bicyclic) bond motifs is 3. The fourth-order valence-corrected chi connectivity index (χ4v) is 7.92. The molecule has 4 atom stereocenters. The summed E-state index contributed by atoms with van der Waals surface area (Å²) in [5.41, 5.74) is 0.837. The number of hydrogen-bond acceptors (Lipinski definition) is 7. The van der Waals surface area contributed by atoms with Crippen molar-refractivity contribution in [2.45, 2.75) is 37.9 Å². The van der Waals surface area contributed by atoms with Gasteiger partial charge >= 0.3 is 5.97 Å². The molecule has 2 amide bonds. The van der Waals surface area contributed by atoms with Gasteiger partial charge in [0.05, 0.1) is 29.7 Å². The van der Waals surface area contributed by atoms with E-state index in [-0.39, 0.29) is 47.2 Å². The lowest BCUT2D eigenvalue weighted by molar-refractivity contribution is -0.128. The van der Waals surface area contributed by atoms with Crippen LogP contribution in [0.15, 0.2) is 78.9 Å². The minimum Gasteiger partial charge on any atom is -0.494 e. The maximum atomic E-state index is 16.2. The van der Waals surface area contributed by atoms with Crippen molar-refractivity contribution in [3.05, 3.63) is 117 Å². The highest BCUT2D eigenvalue weighted by Crippen LogP contribution is 2.62. The van der Waals surface area contributed by atoms with E-state index in [1.54, 1.807) is 60.4 Å². The smallest absolute Gasteiger partial charge is 0.338 e. The number of carbonyl (C=O) groups is 3. The molecule has 3 aromatic carbocycles. The molecule has 2 saturated heterocycles. The van der Waals surface area contributed by atoms with Crippen LogP contribution in [0.1, 0.15) is 46.8 Å². The number of esters is 1. The second-order valence-corrected chi connectivity index (χ2v) is 12.7. The van der Waals surface area contributed by atoms with E-state index < -0.39 is 41.1 Å². The first kappa shape index (κ1) is 32.1. The van der Waals surface area contributed by atoms with Crippen LogP contribution in [0.5, 0.6) is 5.75 Å². The molecule has 3 aliphatic rings. The fraction of sp³-hybridized carbons (Fsp3) is 0.278. The molecule has 0 bridgehead atoms. The average molecular weight is 690 g/mol. The zero-order valence-corrected chi connectivity index (χ0v) is 27.6. The highest BCUT2D eigenvalue weighted by atomic mass is 35.5. The molecule has 12 heteroatoms. The third-order valence-corrected chi connectivity index (χ3v) is 9.92. The van der Waals surface area contributed by atoms with Crippen molar-refractivity contribution in [2.24, 2.45) is 5.92 Å². The highest BCUT2D eigenvalue weighted by Gasteiger charge is 2.71. The van der Waals surface area contributed by atoms with Crippen molar-refractivity contribution >= 4 is 52.5 Å². The first-order valence-corrected chi connectivity index (χ1v) is 16.4. The summed E-state index contributed by atoms with van der Waals surface area (Å²) < 4.78 is 27.1. The minimum absolute atomic E-state index is 0.119. The van der Waals surface area contributed by atoms with E-state index in [4.69, 9.17) is 32.7 Å². The van der Waals surface area contributed by atoms with Crippen LogP contribution in [0.25, 0.3) is 0 Å². The van der Waals surface area contributed by atoms with E-state index in [1.165, 1.54) is 6.07 Å². The molecule has 0 radical (unpaired) electrons. The van der Waals surface area contributed by atoms with E-state index in [0.29, 0.717) is 29.2 Å². The Bertz CT molecular complexity index is 1940. The Hall–Kier alpha value is -4.51. The van der Waals surface area contributed by atoms with Crippen molar-refractivity contribution in [3.8, 4) is 5.75 Å². The van der Waals surface area contributed by atoms with Crippen molar-refractivity contribution in [3.63, 3.8) is 0 Å². The highest BCUT2D eigenvalue weighted by molar-refractivity contribution is 6.31. The van der Waals surface area contributed by atoms with Gasteiger partial charge in [0.2, 0.25) is 5.91 Å². The van der Waals surface area contributed by atoms with Crippen LogP contribution in [0.4, 0.5) is 15.9 Å². The van der Waals surface area contributed by atoms with Gasteiger partial charge in [0.25, 0.3) is 5.91 Å². The fourth-order valence-electron chi connectivity index (χ4n) is 7.59. The van der Waals surface area contributed by atoms with Gasteiger partial charge in [-0.1, -0.05) is 47.5 Å². The number of anilines is 2. The lowest BCUT2D eigenvalue weighted by Gasteiger charge is -2.41. The number of halogens is 3. The maximum Gasteiger partial charge on any atom is 0.338 e. The maximum absolute atomic E-state index is 16.2. The van der Waals surface area contributed by atoms with E-state index >= 15 is 4.39 Å². The lowest BCUT2D eigenvalue weighted by Crippen LogP contribution is -2.53. The Morgan fingerprint density at radius 2 is 1.79 bits per heavy atom. The molecule has 0 aliphatic carbocycles. The molecule has 2 fully saturated rings. The second kappa shape index (κ2) is 12.5. The van der Waals surface area contributed by atoms with Gasteiger partial charge in [-0.05, 0) is 79.6 Å². The number of nitrogens with zero attached hydrogens (tertiary/aromatic N) is 3. The van der Waals surface area contributed by atoms with Crippen LogP contribution >= 0.6 is 23.2 Å². The van der Waals surface area contributed by atoms with E-state index in [2.05, 4.69) is 10.3 Å². The van der Waals surface area contributed by atoms with E-state index in [1.807, 2.05) is 36.1 Å². The SMILES string of the molecule is CCOC(=O)c1ccc(N2CC3[C@@H](C2=O)[C@H](c2cccc(Cl)c2F)C2(C(=O)Nc4nc(Cl)ccc42)N3Cc2cccc(OCC)c2)cc1. The predicted molar refractivity (Wildman–Crippen MR) is 179 cm³/mol. The summed E-state index contributed by atoms with van der Waals surface area (Å²) in [7, 11) is 0. The van der Waals surface area contributed by atoms with Crippen molar-refractivity contribution < 1.29 is 28.2 Å². The van der Waals surface area contributed by atoms with Crippen molar-refractivity contribution in [2.75, 3.05) is 30.0 Å². The summed E-state index contributed by atoms with van der Waals surface area (Å²) in [6, 6.07) is 21.5. The normalized spacial score (nSPS) is 22.9. The number of carbonyl (C=O) groups excluding carboxylic acids is 3. The molecule has 4 aromatic rings. The molecule has 48 heavy (non-hydrogen) atoms. The number of ether oxygens (including phenoxy) is 2. The predicted octanol–water partition coefficient (Wildman–Crippen LogP) is 6.58. The lowest BCUT2D eigenvalue weighted by atomic mass is 9.71. The quantitative estimate of drug-likeness (QED) is 0.165. The second-order valence-electron chi connectivity index (χ2n) is 11.9. The first-order valence-electron chi connectivity index (χ1n) is 15.7. The van der Waals surface area contributed by atoms with Crippen LogP contribution in [0, 0.1) is 11.7 Å². The summed E-state index contributed by atoms with van der Waals surface area (Å²) in [6.07, 6.45) is 0. The van der Waals surface area contributed by atoms with Gasteiger partial charge in [-0.2, -0.15) is 0 Å². The van der Waals surface area contributed by atoms with Crippen molar-refractivity contribution in [1.29, 1.82) is 0 Å². The number of nitrogens with one attached hydrogen (secondary N) is 1. The first-order chi connectivity index (χ1) is 23.2. The Balaban J connectivity index is 1.41. The molecule has 1 N–H and O–H groups in total.